The average Bonchev–Trinajstić information content (AvgIpc) is 2.89. The Morgan fingerprint density at radius 3 is 3.00 bits per heavy atom. The van der Waals surface area contributed by atoms with Crippen molar-refractivity contribution >= 4 is 11.0 Å². The lowest BCUT2D eigenvalue weighted by atomic mass is 9.90. The minimum Gasteiger partial charge on any atom is -0.341 e. The first-order valence-electron chi connectivity index (χ1n) is 6.75. The van der Waals surface area contributed by atoms with Gasteiger partial charge in [-0.25, -0.2) is 9.37 Å². The lowest BCUT2D eigenvalue weighted by Crippen LogP contribution is -2.29. The van der Waals surface area contributed by atoms with Crippen molar-refractivity contribution in [2.75, 3.05) is 6.54 Å². The number of hydrogen-bond donors (Lipinski definition) is 2. The van der Waals surface area contributed by atoms with Crippen LogP contribution in [-0.4, -0.2) is 16.5 Å². The smallest absolute Gasteiger partial charge is 0.125 e. The van der Waals surface area contributed by atoms with Gasteiger partial charge < -0.3 is 10.3 Å². The summed E-state index contributed by atoms with van der Waals surface area (Å²) in [4.78, 5) is 7.87. The number of nitrogens with zero attached hydrogens (tertiary/aromatic N) is 1. The molecule has 0 fully saturated rings. The van der Waals surface area contributed by atoms with E-state index in [2.05, 4.69) is 39.6 Å². The van der Waals surface area contributed by atoms with E-state index in [1.54, 1.807) is 6.07 Å². The van der Waals surface area contributed by atoms with E-state index in [1.165, 1.54) is 23.3 Å². The summed E-state index contributed by atoms with van der Waals surface area (Å²) in [6.07, 6.45) is 0. The Morgan fingerprint density at radius 1 is 1.15 bits per heavy atom. The Hall–Kier alpha value is -2.20. The third-order valence-corrected chi connectivity index (χ3v) is 3.89. The van der Waals surface area contributed by atoms with Crippen LogP contribution in [0.25, 0.3) is 11.0 Å². The van der Waals surface area contributed by atoms with Crippen LogP contribution in [0.5, 0.6) is 0 Å². The second-order valence-corrected chi connectivity index (χ2v) is 5.17. The van der Waals surface area contributed by atoms with E-state index in [9.17, 15) is 4.39 Å². The molecular weight excluding hydrogens is 253 g/mol. The van der Waals surface area contributed by atoms with Crippen molar-refractivity contribution in [2.45, 2.75) is 12.5 Å². The molecule has 3 nitrogen and oxygen atoms in total. The van der Waals surface area contributed by atoms with Gasteiger partial charge >= 0.3 is 0 Å². The third-order valence-electron chi connectivity index (χ3n) is 3.89. The fourth-order valence-corrected chi connectivity index (χ4v) is 2.91. The van der Waals surface area contributed by atoms with Crippen molar-refractivity contribution in [2.24, 2.45) is 0 Å². The SMILES string of the molecule is Fc1ccc2nc(C3CNCc4ccccc43)[nH]c2c1. The van der Waals surface area contributed by atoms with Crippen LogP contribution < -0.4 is 5.32 Å². The topological polar surface area (TPSA) is 40.7 Å². The van der Waals surface area contributed by atoms with Crippen LogP contribution in [0.4, 0.5) is 4.39 Å². The number of rotatable bonds is 1. The Bertz CT molecular complexity index is 778. The molecule has 0 aliphatic carbocycles. The number of imidazole rings is 1. The van der Waals surface area contributed by atoms with Crippen LogP contribution in [0, 0.1) is 5.82 Å². The summed E-state index contributed by atoms with van der Waals surface area (Å²) in [5.41, 5.74) is 4.16. The molecule has 0 saturated carbocycles. The molecule has 100 valence electrons. The second kappa shape index (κ2) is 4.42. The molecule has 2 N–H and O–H groups in total. The Balaban J connectivity index is 1.84. The van der Waals surface area contributed by atoms with Gasteiger partial charge in [-0.15, -0.1) is 0 Å². The highest BCUT2D eigenvalue weighted by Crippen LogP contribution is 2.29. The summed E-state index contributed by atoms with van der Waals surface area (Å²) >= 11 is 0. The molecule has 1 aromatic heterocycles. The summed E-state index contributed by atoms with van der Waals surface area (Å²) in [5.74, 6) is 0.843. The normalized spacial score (nSPS) is 18.1. The molecule has 0 radical (unpaired) electrons. The van der Waals surface area contributed by atoms with Crippen molar-refractivity contribution in [3.8, 4) is 0 Å². The van der Waals surface area contributed by atoms with Crippen molar-refractivity contribution in [1.29, 1.82) is 0 Å². The fourth-order valence-electron chi connectivity index (χ4n) is 2.91. The van der Waals surface area contributed by atoms with Gasteiger partial charge in [-0.2, -0.15) is 0 Å². The van der Waals surface area contributed by atoms with Gasteiger partial charge in [-0.05, 0) is 29.3 Å². The van der Waals surface area contributed by atoms with Gasteiger partial charge in [0, 0.05) is 13.1 Å². The molecule has 3 aromatic rings. The fraction of sp³-hybridized carbons (Fsp3) is 0.188. The first-order valence-corrected chi connectivity index (χ1v) is 6.75. The molecule has 4 heteroatoms. The Kier molecular flexibility index (Phi) is 2.57. The van der Waals surface area contributed by atoms with Crippen LogP contribution in [0.3, 0.4) is 0 Å². The highest BCUT2D eigenvalue weighted by molar-refractivity contribution is 5.75. The van der Waals surface area contributed by atoms with E-state index in [0.717, 1.165) is 29.9 Å². The molecule has 1 atom stereocenters. The maximum atomic E-state index is 13.3. The van der Waals surface area contributed by atoms with Crippen LogP contribution in [0.2, 0.25) is 0 Å². The van der Waals surface area contributed by atoms with E-state index in [-0.39, 0.29) is 11.7 Å². The largest absolute Gasteiger partial charge is 0.341 e. The first kappa shape index (κ1) is 11.6. The van der Waals surface area contributed by atoms with Crippen LogP contribution in [0.1, 0.15) is 22.9 Å². The molecule has 1 unspecified atom stereocenters. The van der Waals surface area contributed by atoms with Gasteiger partial charge in [0.1, 0.15) is 11.6 Å². The van der Waals surface area contributed by atoms with Gasteiger partial charge in [-0.1, -0.05) is 24.3 Å². The van der Waals surface area contributed by atoms with Crippen LogP contribution in [0.15, 0.2) is 42.5 Å². The zero-order chi connectivity index (χ0) is 13.5. The quantitative estimate of drug-likeness (QED) is 0.711. The van der Waals surface area contributed by atoms with Gasteiger partial charge in [0.15, 0.2) is 0 Å². The number of aromatic nitrogens is 2. The van der Waals surface area contributed by atoms with Crippen molar-refractivity contribution in [1.82, 2.24) is 15.3 Å². The number of hydrogen-bond acceptors (Lipinski definition) is 2. The van der Waals surface area contributed by atoms with Gasteiger partial charge in [0.25, 0.3) is 0 Å². The molecule has 2 aromatic carbocycles. The molecule has 1 aliphatic rings. The maximum absolute atomic E-state index is 13.3. The molecule has 0 spiro atoms. The molecule has 20 heavy (non-hydrogen) atoms. The first-order chi connectivity index (χ1) is 9.81. The van der Waals surface area contributed by atoms with Crippen molar-refractivity contribution < 1.29 is 4.39 Å². The summed E-state index contributed by atoms with van der Waals surface area (Å²) in [7, 11) is 0. The van der Waals surface area contributed by atoms with Gasteiger partial charge in [-0.3, -0.25) is 0 Å². The van der Waals surface area contributed by atoms with E-state index >= 15 is 0 Å². The minimum absolute atomic E-state index is 0.190. The van der Waals surface area contributed by atoms with Crippen molar-refractivity contribution in [3.63, 3.8) is 0 Å². The van der Waals surface area contributed by atoms with Gasteiger partial charge in [0.2, 0.25) is 0 Å². The predicted molar refractivity (Wildman–Crippen MR) is 76.0 cm³/mol. The van der Waals surface area contributed by atoms with Crippen molar-refractivity contribution in [3.05, 3.63) is 65.2 Å². The zero-order valence-electron chi connectivity index (χ0n) is 10.9. The monoisotopic (exact) mass is 267 g/mol. The van der Waals surface area contributed by atoms with E-state index < -0.39 is 0 Å². The van der Waals surface area contributed by atoms with E-state index in [1.807, 2.05) is 0 Å². The lowest BCUT2D eigenvalue weighted by Gasteiger charge is -2.24. The number of nitrogens with one attached hydrogen (secondary N) is 2. The van der Waals surface area contributed by atoms with Crippen LogP contribution in [-0.2, 0) is 6.54 Å². The number of halogens is 1. The molecular formula is C16H14FN3. The second-order valence-electron chi connectivity index (χ2n) is 5.17. The maximum Gasteiger partial charge on any atom is 0.125 e. The van der Waals surface area contributed by atoms with Gasteiger partial charge in [0.05, 0.1) is 17.0 Å². The molecule has 0 amide bonds. The zero-order valence-corrected chi connectivity index (χ0v) is 10.9. The lowest BCUT2D eigenvalue weighted by molar-refractivity contribution is 0.576. The number of H-pyrrole nitrogens is 1. The highest BCUT2D eigenvalue weighted by atomic mass is 19.1. The average molecular weight is 267 g/mol. The predicted octanol–water partition coefficient (Wildman–Crippen LogP) is 2.94. The number of benzene rings is 2. The number of aromatic amines is 1. The van der Waals surface area contributed by atoms with E-state index in [0.29, 0.717) is 0 Å². The summed E-state index contributed by atoms with van der Waals surface area (Å²) in [5, 5.41) is 3.41. The molecule has 4 rings (SSSR count). The Labute approximate surface area is 115 Å². The number of fused-ring (bicyclic) bond motifs is 2. The van der Waals surface area contributed by atoms with E-state index in [4.69, 9.17) is 0 Å². The molecule has 1 aliphatic heterocycles. The third kappa shape index (κ3) is 1.80. The highest BCUT2D eigenvalue weighted by Gasteiger charge is 2.23. The minimum atomic E-state index is -0.241. The molecule has 2 heterocycles. The standard InChI is InChI=1S/C16H14FN3/c17-11-5-6-14-15(7-11)20-16(19-14)13-9-18-8-10-3-1-2-4-12(10)13/h1-7,13,18H,8-9H2,(H,19,20). The molecule has 0 saturated heterocycles. The Morgan fingerprint density at radius 2 is 2.05 bits per heavy atom. The molecule has 0 bridgehead atoms. The van der Waals surface area contributed by atoms with Crippen LogP contribution >= 0.6 is 0 Å². The summed E-state index contributed by atoms with van der Waals surface area (Å²) in [6.45, 7) is 1.74. The summed E-state index contributed by atoms with van der Waals surface area (Å²) < 4.78 is 13.3. The summed E-state index contributed by atoms with van der Waals surface area (Å²) in [6, 6.07) is 13.0.